The van der Waals surface area contributed by atoms with Crippen molar-refractivity contribution in [3.05, 3.63) is 29.8 Å². The summed E-state index contributed by atoms with van der Waals surface area (Å²) in [5, 5.41) is 8.91. The number of hydrogen-bond donors (Lipinski definition) is 1. The van der Waals surface area contributed by atoms with E-state index in [0.29, 0.717) is 0 Å². The van der Waals surface area contributed by atoms with E-state index in [-0.39, 0.29) is 11.1 Å². The summed E-state index contributed by atoms with van der Waals surface area (Å²) in [4.78, 5) is 0. The van der Waals surface area contributed by atoms with Crippen LogP contribution in [0.2, 0.25) is 0 Å². The molecule has 1 aromatic carbocycles. The van der Waals surface area contributed by atoms with Crippen LogP contribution in [-0.4, -0.2) is 5.11 Å². The molecule has 0 amide bonds. The number of rotatable bonds is 1. The van der Waals surface area contributed by atoms with Gasteiger partial charge >= 0.3 is 0 Å². The van der Waals surface area contributed by atoms with Crippen LogP contribution >= 0.6 is 11.6 Å². The average molecular weight is 187 g/mol. The van der Waals surface area contributed by atoms with E-state index in [2.05, 4.69) is 0 Å². The van der Waals surface area contributed by atoms with Crippen molar-refractivity contribution >= 4 is 11.6 Å². The van der Waals surface area contributed by atoms with Gasteiger partial charge < -0.3 is 5.11 Å². The highest BCUT2D eigenvalue weighted by atomic mass is 35.5. The second-order valence-electron chi connectivity index (χ2n) is 2.21. The summed E-state index contributed by atoms with van der Waals surface area (Å²) in [7, 11) is 0. The maximum Gasteiger partial charge on any atom is 0.115 e. The fourth-order valence-corrected chi connectivity index (χ4v) is 0.885. The second-order valence-corrected chi connectivity index (χ2v) is 2.86. The molecule has 1 unspecified atom stereocenters. The van der Waals surface area contributed by atoms with E-state index in [4.69, 9.17) is 16.7 Å². The van der Waals surface area contributed by atoms with Gasteiger partial charge in [-0.2, -0.15) is 0 Å². The summed E-state index contributed by atoms with van der Waals surface area (Å²) >= 11 is 5.77. The van der Waals surface area contributed by atoms with Gasteiger partial charge in [-0.3, -0.25) is 0 Å². The van der Waals surface area contributed by atoms with Gasteiger partial charge in [0.1, 0.15) is 5.75 Å². The van der Waals surface area contributed by atoms with Crippen molar-refractivity contribution in [2.45, 2.75) is 26.1 Å². The minimum atomic E-state index is 0.0144. The van der Waals surface area contributed by atoms with Gasteiger partial charge in [-0.05, 0) is 24.6 Å². The van der Waals surface area contributed by atoms with Crippen LogP contribution in [0.25, 0.3) is 0 Å². The molecule has 0 aromatic heterocycles. The Morgan fingerprint density at radius 3 is 1.92 bits per heavy atom. The number of benzene rings is 1. The van der Waals surface area contributed by atoms with Gasteiger partial charge in [-0.25, -0.2) is 0 Å². The Bertz CT molecular complexity index is 204. The molecule has 0 aliphatic rings. The minimum Gasteiger partial charge on any atom is -0.508 e. The molecule has 0 bridgehead atoms. The third-order valence-electron chi connectivity index (χ3n) is 1.35. The van der Waals surface area contributed by atoms with E-state index in [9.17, 15) is 0 Å². The van der Waals surface area contributed by atoms with Crippen molar-refractivity contribution in [1.29, 1.82) is 0 Å². The molecule has 0 saturated heterocycles. The molecule has 0 saturated carbocycles. The zero-order valence-electron chi connectivity index (χ0n) is 7.71. The van der Waals surface area contributed by atoms with Crippen molar-refractivity contribution in [2.24, 2.45) is 0 Å². The predicted octanol–water partition coefficient (Wildman–Crippen LogP) is 3.72. The maximum atomic E-state index is 8.90. The molecule has 2 heteroatoms. The lowest BCUT2D eigenvalue weighted by Gasteiger charge is -2.01. The topological polar surface area (TPSA) is 20.2 Å². The molecule has 1 nitrogen and oxygen atoms in total. The zero-order chi connectivity index (χ0) is 9.56. The first kappa shape index (κ1) is 11.3. The molecule has 0 aliphatic carbocycles. The van der Waals surface area contributed by atoms with Gasteiger partial charge in [0.15, 0.2) is 0 Å². The number of phenols is 1. The van der Waals surface area contributed by atoms with Gasteiger partial charge in [0.05, 0.1) is 5.38 Å². The van der Waals surface area contributed by atoms with E-state index < -0.39 is 0 Å². The highest BCUT2D eigenvalue weighted by molar-refractivity contribution is 6.20. The fourth-order valence-electron chi connectivity index (χ4n) is 0.740. The Labute approximate surface area is 79.0 Å². The van der Waals surface area contributed by atoms with Crippen molar-refractivity contribution in [3.8, 4) is 5.75 Å². The molecule has 68 valence electrons. The van der Waals surface area contributed by atoms with Crippen LogP contribution in [0.15, 0.2) is 24.3 Å². The smallest absolute Gasteiger partial charge is 0.115 e. The monoisotopic (exact) mass is 186 g/mol. The van der Waals surface area contributed by atoms with E-state index in [1.54, 1.807) is 12.1 Å². The molecule has 1 N–H and O–H groups in total. The Morgan fingerprint density at radius 1 is 1.17 bits per heavy atom. The van der Waals surface area contributed by atoms with E-state index >= 15 is 0 Å². The van der Waals surface area contributed by atoms with Crippen molar-refractivity contribution in [2.75, 3.05) is 0 Å². The van der Waals surface area contributed by atoms with Gasteiger partial charge in [0, 0.05) is 0 Å². The van der Waals surface area contributed by atoms with Gasteiger partial charge in [0.2, 0.25) is 0 Å². The Morgan fingerprint density at radius 2 is 1.58 bits per heavy atom. The lowest BCUT2D eigenvalue weighted by atomic mass is 10.2. The Balaban J connectivity index is 0.000000561. The van der Waals surface area contributed by atoms with Gasteiger partial charge in [-0.1, -0.05) is 26.0 Å². The highest BCUT2D eigenvalue weighted by Crippen LogP contribution is 2.20. The van der Waals surface area contributed by atoms with Crippen LogP contribution in [0.3, 0.4) is 0 Å². The largest absolute Gasteiger partial charge is 0.508 e. The third-order valence-corrected chi connectivity index (χ3v) is 1.60. The first-order valence-electron chi connectivity index (χ1n) is 4.13. The van der Waals surface area contributed by atoms with Crippen LogP contribution < -0.4 is 0 Å². The fraction of sp³-hybridized carbons (Fsp3) is 0.400. The van der Waals surface area contributed by atoms with Crippen LogP contribution in [0.4, 0.5) is 0 Å². The van der Waals surface area contributed by atoms with Crippen molar-refractivity contribution < 1.29 is 5.11 Å². The standard InChI is InChI=1S/C8H9ClO.C2H6/c1-6(9)7-2-4-8(10)5-3-7;1-2/h2-6,10H,1H3;1-2H3. The molecule has 1 rings (SSSR count). The molecule has 12 heavy (non-hydrogen) atoms. The summed E-state index contributed by atoms with van der Waals surface area (Å²) in [5.74, 6) is 0.279. The number of alkyl halides is 1. The third kappa shape index (κ3) is 3.63. The van der Waals surface area contributed by atoms with Crippen LogP contribution in [-0.2, 0) is 0 Å². The normalized spacial score (nSPS) is 11.3. The van der Waals surface area contributed by atoms with Crippen LogP contribution in [0, 0.1) is 0 Å². The maximum absolute atomic E-state index is 8.90. The number of hydrogen-bond acceptors (Lipinski definition) is 1. The summed E-state index contributed by atoms with van der Waals surface area (Å²) in [6, 6.07) is 6.89. The predicted molar refractivity (Wildman–Crippen MR) is 53.7 cm³/mol. The first-order chi connectivity index (χ1) is 5.70. The molecule has 1 aromatic rings. The molecule has 0 fully saturated rings. The summed E-state index contributed by atoms with van der Waals surface area (Å²) in [5.41, 5.74) is 1.03. The molecular weight excluding hydrogens is 172 g/mol. The molecular formula is C10H15ClO. The highest BCUT2D eigenvalue weighted by Gasteiger charge is 1.98. The van der Waals surface area contributed by atoms with E-state index in [1.165, 1.54) is 0 Å². The molecule has 0 spiro atoms. The quantitative estimate of drug-likeness (QED) is 0.663. The first-order valence-corrected chi connectivity index (χ1v) is 4.57. The van der Waals surface area contributed by atoms with Crippen LogP contribution in [0.5, 0.6) is 5.75 Å². The molecule has 0 radical (unpaired) electrons. The molecule has 1 atom stereocenters. The molecule has 0 heterocycles. The number of aromatic hydroxyl groups is 1. The summed E-state index contributed by atoms with van der Waals surface area (Å²) < 4.78 is 0. The Hall–Kier alpha value is -0.690. The van der Waals surface area contributed by atoms with E-state index in [0.717, 1.165) is 5.56 Å². The second kappa shape index (κ2) is 5.90. The lowest BCUT2D eigenvalue weighted by molar-refractivity contribution is 0.475. The van der Waals surface area contributed by atoms with Crippen molar-refractivity contribution in [3.63, 3.8) is 0 Å². The van der Waals surface area contributed by atoms with Gasteiger partial charge in [-0.15, -0.1) is 11.6 Å². The van der Waals surface area contributed by atoms with Gasteiger partial charge in [0.25, 0.3) is 0 Å². The molecule has 0 aliphatic heterocycles. The Kier molecular flexibility index (Phi) is 5.56. The van der Waals surface area contributed by atoms with E-state index in [1.807, 2.05) is 32.9 Å². The summed E-state index contributed by atoms with van der Waals surface area (Å²) in [6.45, 7) is 5.90. The lowest BCUT2D eigenvalue weighted by Crippen LogP contribution is -1.81. The minimum absolute atomic E-state index is 0.0144. The van der Waals surface area contributed by atoms with Crippen LogP contribution in [0.1, 0.15) is 31.7 Å². The zero-order valence-corrected chi connectivity index (χ0v) is 8.47. The summed E-state index contributed by atoms with van der Waals surface area (Å²) in [6.07, 6.45) is 0. The SMILES string of the molecule is CC.CC(Cl)c1ccc(O)cc1. The average Bonchev–Trinajstić information content (AvgIpc) is 2.09. The number of halogens is 1. The number of phenolic OH excluding ortho intramolecular Hbond substituents is 1. The van der Waals surface area contributed by atoms with Crippen molar-refractivity contribution in [1.82, 2.24) is 0 Å².